The number of carbonyl (C=O) groups is 1. The smallest absolute Gasteiger partial charge is 0.309 e. The molecule has 0 aromatic rings. The van der Waals surface area contributed by atoms with Gasteiger partial charge in [0.15, 0.2) is 0 Å². The summed E-state index contributed by atoms with van der Waals surface area (Å²) >= 11 is 0. The summed E-state index contributed by atoms with van der Waals surface area (Å²) in [5.41, 5.74) is 0. The maximum absolute atomic E-state index is 11.5. The van der Waals surface area contributed by atoms with Crippen LogP contribution in [0, 0.1) is 17.8 Å². The Morgan fingerprint density at radius 2 is 1.75 bits per heavy atom. The molecular weight excluding hydrogens is 202 g/mol. The zero-order valence-electron chi connectivity index (χ0n) is 11.2. The first-order valence-corrected chi connectivity index (χ1v) is 6.27. The van der Waals surface area contributed by atoms with Gasteiger partial charge in [-0.3, -0.25) is 9.69 Å². The van der Waals surface area contributed by atoms with E-state index in [1.165, 1.54) is 13.5 Å². The van der Waals surface area contributed by atoms with Crippen LogP contribution < -0.4 is 0 Å². The van der Waals surface area contributed by atoms with E-state index in [0.29, 0.717) is 0 Å². The molecule has 0 aromatic heterocycles. The van der Waals surface area contributed by atoms with Gasteiger partial charge in [0, 0.05) is 19.1 Å². The van der Waals surface area contributed by atoms with Crippen molar-refractivity contribution >= 4 is 5.97 Å². The van der Waals surface area contributed by atoms with Crippen molar-refractivity contribution in [2.45, 2.75) is 40.2 Å². The van der Waals surface area contributed by atoms with E-state index in [1.807, 2.05) is 6.92 Å². The molecule has 1 heterocycles. The van der Waals surface area contributed by atoms with Gasteiger partial charge in [-0.1, -0.05) is 20.8 Å². The average Bonchev–Trinajstić information content (AvgIpc) is 2.24. The molecule has 1 fully saturated rings. The molecule has 0 aromatic carbocycles. The quantitative estimate of drug-likeness (QED) is 0.692. The highest BCUT2D eigenvalue weighted by Crippen LogP contribution is 2.25. The van der Waals surface area contributed by atoms with E-state index >= 15 is 0 Å². The summed E-state index contributed by atoms with van der Waals surface area (Å²) in [5, 5.41) is 0. The third-order valence-electron chi connectivity index (χ3n) is 3.77. The molecule has 0 spiro atoms. The molecule has 3 heteroatoms. The van der Waals surface area contributed by atoms with Gasteiger partial charge in [0.1, 0.15) is 0 Å². The lowest BCUT2D eigenvalue weighted by Crippen LogP contribution is -2.48. The van der Waals surface area contributed by atoms with Gasteiger partial charge < -0.3 is 4.74 Å². The molecule has 4 atom stereocenters. The van der Waals surface area contributed by atoms with Gasteiger partial charge >= 0.3 is 5.97 Å². The van der Waals surface area contributed by atoms with Gasteiger partial charge in [0.25, 0.3) is 0 Å². The van der Waals surface area contributed by atoms with Crippen molar-refractivity contribution in [1.82, 2.24) is 4.90 Å². The van der Waals surface area contributed by atoms with Gasteiger partial charge in [-0.2, -0.15) is 0 Å². The average molecular weight is 227 g/mol. The van der Waals surface area contributed by atoms with Gasteiger partial charge in [-0.05, 0) is 25.2 Å². The van der Waals surface area contributed by atoms with Crippen molar-refractivity contribution < 1.29 is 9.53 Å². The predicted molar refractivity (Wildman–Crippen MR) is 65.2 cm³/mol. The fraction of sp³-hybridized carbons (Fsp3) is 0.923. The Hall–Kier alpha value is -0.570. The van der Waals surface area contributed by atoms with Crippen LogP contribution in [0.3, 0.4) is 0 Å². The molecule has 0 radical (unpaired) electrons. The second-order valence-electron chi connectivity index (χ2n) is 5.45. The number of esters is 1. The number of piperidine rings is 1. The molecule has 0 saturated carbocycles. The molecule has 16 heavy (non-hydrogen) atoms. The number of hydrogen-bond acceptors (Lipinski definition) is 3. The molecule has 4 unspecified atom stereocenters. The summed E-state index contributed by atoms with van der Waals surface area (Å²) in [5.74, 6) is 1.33. The van der Waals surface area contributed by atoms with Crippen molar-refractivity contribution in [3.8, 4) is 0 Å². The Kier molecular flexibility index (Phi) is 4.78. The van der Waals surface area contributed by atoms with E-state index in [2.05, 4.69) is 25.7 Å². The summed E-state index contributed by atoms with van der Waals surface area (Å²) in [6.45, 7) is 10.9. The van der Waals surface area contributed by atoms with E-state index in [0.717, 1.165) is 24.9 Å². The van der Waals surface area contributed by atoms with Crippen molar-refractivity contribution in [2.75, 3.05) is 20.2 Å². The topological polar surface area (TPSA) is 29.5 Å². The van der Waals surface area contributed by atoms with Gasteiger partial charge in [-0.25, -0.2) is 0 Å². The maximum atomic E-state index is 11.5. The van der Waals surface area contributed by atoms with E-state index in [4.69, 9.17) is 4.74 Å². The Morgan fingerprint density at radius 3 is 2.19 bits per heavy atom. The third-order valence-corrected chi connectivity index (χ3v) is 3.77. The number of ether oxygens (including phenoxy) is 1. The standard InChI is InChI=1S/C13H25NO2/c1-9-6-10(2)8-14(7-9)12(4)11(3)13(15)16-5/h9-12H,6-8H2,1-5H3. The van der Waals surface area contributed by atoms with Crippen LogP contribution in [-0.4, -0.2) is 37.1 Å². The molecule has 3 nitrogen and oxygen atoms in total. The van der Waals surface area contributed by atoms with Crippen LogP contribution in [0.2, 0.25) is 0 Å². The molecule has 1 rings (SSSR count). The van der Waals surface area contributed by atoms with E-state index in [-0.39, 0.29) is 17.9 Å². The number of carbonyl (C=O) groups excluding carboxylic acids is 1. The van der Waals surface area contributed by atoms with E-state index < -0.39 is 0 Å². The first-order valence-electron chi connectivity index (χ1n) is 6.27. The number of nitrogens with zero attached hydrogens (tertiary/aromatic N) is 1. The van der Waals surface area contributed by atoms with Crippen LogP contribution in [0.1, 0.15) is 34.1 Å². The largest absolute Gasteiger partial charge is 0.469 e. The minimum atomic E-state index is -0.0987. The van der Waals surface area contributed by atoms with Gasteiger partial charge in [0.05, 0.1) is 13.0 Å². The zero-order valence-corrected chi connectivity index (χ0v) is 11.2. The summed E-state index contributed by atoms with van der Waals surface area (Å²) in [4.78, 5) is 13.9. The van der Waals surface area contributed by atoms with Gasteiger partial charge in [-0.15, -0.1) is 0 Å². The molecule has 1 aliphatic rings. The third kappa shape index (κ3) is 3.21. The SMILES string of the molecule is COC(=O)C(C)C(C)N1CC(C)CC(C)C1. The Bertz CT molecular complexity index is 232. The zero-order chi connectivity index (χ0) is 12.3. The predicted octanol–water partition coefficient (Wildman–Crippen LogP) is 2.16. The lowest BCUT2D eigenvalue weighted by atomic mass is 9.89. The lowest BCUT2D eigenvalue weighted by molar-refractivity contribution is -0.147. The summed E-state index contributed by atoms with van der Waals surface area (Å²) in [7, 11) is 1.47. The summed E-state index contributed by atoms with van der Waals surface area (Å²) < 4.78 is 4.81. The Labute approximate surface area is 99.1 Å². The highest BCUT2D eigenvalue weighted by atomic mass is 16.5. The van der Waals surface area contributed by atoms with Crippen LogP contribution in [0.4, 0.5) is 0 Å². The van der Waals surface area contributed by atoms with Crippen molar-refractivity contribution in [2.24, 2.45) is 17.8 Å². The lowest BCUT2D eigenvalue weighted by Gasteiger charge is -2.40. The number of likely N-dealkylation sites (tertiary alicyclic amines) is 1. The minimum absolute atomic E-state index is 0.0394. The number of hydrogen-bond donors (Lipinski definition) is 0. The second kappa shape index (κ2) is 5.67. The fourth-order valence-electron chi connectivity index (χ4n) is 2.74. The highest BCUT2D eigenvalue weighted by molar-refractivity contribution is 5.72. The van der Waals surface area contributed by atoms with Gasteiger partial charge in [0.2, 0.25) is 0 Å². The van der Waals surface area contributed by atoms with Crippen molar-refractivity contribution in [1.29, 1.82) is 0 Å². The first-order chi connectivity index (χ1) is 7.45. The Balaban J connectivity index is 2.58. The molecule has 1 saturated heterocycles. The molecular formula is C13H25NO2. The molecule has 1 aliphatic heterocycles. The highest BCUT2D eigenvalue weighted by Gasteiger charge is 2.30. The fourth-order valence-corrected chi connectivity index (χ4v) is 2.74. The van der Waals surface area contributed by atoms with Crippen LogP contribution in [0.15, 0.2) is 0 Å². The number of rotatable bonds is 3. The molecule has 0 N–H and O–H groups in total. The van der Waals surface area contributed by atoms with Crippen LogP contribution >= 0.6 is 0 Å². The molecule has 94 valence electrons. The second-order valence-corrected chi connectivity index (χ2v) is 5.45. The van der Waals surface area contributed by atoms with Crippen molar-refractivity contribution in [3.05, 3.63) is 0 Å². The van der Waals surface area contributed by atoms with Crippen LogP contribution in [0.25, 0.3) is 0 Å². The van der Waals surface area contributed by atoms with Crippen LogP contribution in [0.5, 0.6) is 0 Å². The Morgan fingerprint density at radius 1 is 1.25 bits per heavy atom. The first kappa shape index (κ1) is 13.5. The monoisotopic (exact) mass is 227 g/mol. The van der Waals surface area contributed by atoms with Crippen LogP contribution in [-0.2, 0) is 9.53 Å². The normalized spacial score (nSPS) is 30.8. The molecule has 0 amide bonds. The maximum Gasteiger partial charge on any atom is 0.309 e. The minimum Gasteiger partial charge on any atom is -0.469 e. The molecule has 0 aliphatic carbocycles. The number of methoxy groups -OCH3 is 1. The van der Waals surface area contributed by atoms with Crippen molar-refractivity contribution in [3.63, 3.8) is 0 Å². The molecule has 0 bridgehead atoms. The summed E-state index contributed by atoms with van der Waals surface area (Å²) in [6, 6.07) is 0.276. The summed E-state index contributed by atoms with van der Waals surface area (Å²) in [6.07, 6.45) is 1.30. The van der Waals surface area contributed by atoms with E-state index in [9.17, 15) is 4.79 Å². The van der Waals surface area contributed by atoms with E-state index in [1.54, 1.807) is 0 Å².